The van der Waals surface area contributed by atoms with E-state index in [1.54, 1.807) is 0 Å². The zero-order valence-electron chi connectivity index (χ0n) is 25.7. The summed E-state index contributed by atoms with van der Waals surface area (Å²) in [6, 6.07) is 0. The van der Waals surface area contributed by atoms with Crippen LogP contribution in [0.25, 0.3) is 0 Å². The fraction of sp³-hybridized carbons (Fsp3) is 0.853. The van der Waals surface area contributed by atoms with E-state index >= 15 is 0 Å². The van der Waals surface area contributed by atoms with Gasteiger partial charge in [-0.3, -0.25) is 14.4 Å². The van der Waals surface area contributed by atoms with Crippen LogP contribution in [0, 0.1) is 56.7 Å². The summed E-state index contributed by atoms with van der Waals surface area (Å²) in [5, 5.41) is 19.6. The van der Waals surface area contributed by atoms with Gasteiger partial charge in [-0.2, -0.15) is 0 Å². The van der Waals surface area contributed by atoms with E-state index in [1.165, 1.54) is 5.57 Å². The fourth-order valence-electron chi connectivity index (χ4n) is 12.1. The molecule has 0 saturated heterocycles. The predicted molar refractivity (Wildman–Crippen MR) is 153 cm³/mol. The number of carboxylic acid groups (broad SMARTS) is 2. The van der Waals surface area contributed by atoms with E-state index in [2.05, 4.69) is 48.1 Å². The van der Waals surface area contributed by atoms with Crippen molar-refractivity contribution in [1.82, 2.24) is 0 Å². The number of rotatable bonds is 6. The molecule has 0 unspecified atom stereocenters. The molecule has 0 amide bonds. The highest BCUT2D eigenvalue weighted by atomic mass is 16.5. The summed E-state index contributed by atoms with van der Waals surface area (Å²) in [4.78, 5) is 36.4. The Morgan fingerprint density at radius 1 is 0.800 bits per heavy atom. The standard InChI is InChI=1S/C34H52O6/c1-20(2)21-12-17-34(29(38)39)19-18-32(6)22(28(21)34)8-9-24-31(5)15-14-25(40-27(37)11-10-26(35)36)30(3,4)23(31)13-16-33(24,32)7/h21-25,28H,1,8-19H2,2-7H3,(H,35,36)(H,38,39)/t21-,22+,23+,24+,25-,28-,31-,32+,33+,34-/m0/s1. The Morgan fingerprint density at radius 2 is 1.50 bits per heavy atom. The Balaban J connectivity index is 1.43. The highest BCUT2D eigenvalue weighted by molar-refractivity contribution is 5.77. The first-order valence-corrected chi connectivity index (χ1v) is 15.8. The van der Waals surface area contributed by atoms with Crippen molar-refractivity contribution in [2.45, 2.75) is 125 Å². The Hall–Kier alpha value is -1.85. The first-order chi connectivity index (χ1) is 18.5. The van der Waals surface area contributed by atoms with Crippen LogP contribution in [0.3, 0.4) is 0 Å². The van der Waals surface area contributed by atoms with E-state index in [0.717, 1.165) is 64.2 Å². The van der Waals surface area contributed by atoms with Gasteiger partial charge in [0.25, 0.3) is 0 Å². The van der Waals surface area contributed by atoms with Crippen molar-refractivity contribution in [3.8, 4) is 0 Å². The van der Waals surface area contributed by atoms with E-state index in [0.29, 0.717) is 23.7 Å². The van der Waals surface area contributed by atoms with Crippen molar-refractivity contribution in [1.29, 1.82) is 0 Å². The molecule has 0 bridgehead atoms. The number of aliphatic carboxylic acids is 2. The van der Waals surface area contributed by atoms with Gasteiger partial charge in [0.1, 0.15) is 6.10 Å². The average Bonchev–Trinajstić information content (AvgIpc) is 3.26. The lowest BCUT2D eigenvalue weighted by atomic mass is 9.32. The maximum Gasteiger partial charge on any atom is 0.309 e. The SMILES string of the molecule is C=C(C)[C@@H]1CC[C@]2(C(=O)O)CC[C@]3(C)[C@H](CC[C@@H]4[C@@]5(C)CC[C@H](OC(=O)CCC(=O)O)C(C)(C)[C@H]5CC[C@]43C)[C@H]12. The molecule has 5 saturated carbocycles. The van der Waals surface area contributed by atoms with E-state index in [4.69, 9.17) is 9.84 Å². The van der Waals surface area contributed by atoms with Gasteiger partial charge >= 0.3 is 17.9 Å². The average molecular weight is 557 g/mol. The molecular weight excluding hydrogens is 504 g/mol. The van der Waals surface area contributed by atoms with Crippen LogP contribution in [0.4, 0.5) is 0 Å². The van der Waals surface area contributed by atoms with Crippen molar-refractivity contribution in [2.24, 2.45) is 56.7 Å². The molecule has 0 aliphatic heterocycles. The van der Waals surface area contributed by atoms with E-state index < -0.39 is 23.3 Å². The van der Waals surface area contributed by atoms with Gasteiger partial charge in [-0.1, -0.05) is 46.8 Å². The molecule has 0 heterocycles. The molecular formula is C34H52O6. The maximum atomic E-state index is 12.9. The Labute approximate surface area is 240 Å². The molecule has 2 N–H and O–H groups in total. The predicted octanol–water partition coefficient (Wildman–Crippen LogP) is 7.51. The van der Waals surface area contributed by atoms with Crippen molar-refractivity contribution in [2.75, 3.05) is 0 Å². The molecule has 0 aromatic rings. The largest absolute Gasteiger partial charge is 0.481 e. The quantitative estimate of drug-likeness (QED) is 0.259. The number of carboxylic acids is 2. The minimum atomic E-state index is -0.974. The lowest BCUT2D eigenvalue weighted by Gasteiger charge is -2.72. The molecule has 5 fully saturated rings. The molecule has 0 aromatic carbocycles. The number of esters is 1. The Morgan fingerprint density at radius 3 is 2.12 bits per heavy atom. The van der Waals surface area contributed by atoms with Gasteiger partial charge in [-0.15, -0.1) is 0 Å². The Kier molecular flexibility index (Phi) is 7.11. The minimum absolute atomic E-state index is 0.0749. The molecule has 5 aliphatic rings. The van der Waals surface area contributed by atoms with Crippen LogP contribution in [0.5, 0.6) is 0 Å². The summed E-state index contributed by atoms with van der Waals surface area (Å²) in [6.45, 7) is 18.6. The smallest absolute Gasteiger partial charge is 0.309 e. The van der Waals surface area contributed by atoms with Gasteiger partial charge in [0.15, 0.2) is 0 Å². The van der Waals surface area contributed by atoms with Crippen molar-refractivity contribution in [3.05, 3.63) is 12.2 Å². The highest BCUT2D eigenvalue weighted by Gasteiger charge is 2.72. The summed E-state index contributed by atoms with van der Waals surface area (Å²) < 4.78 is 5.97. The number of carbonyl (C=O) groups excluding carboxylic acids is 1. The summed E-state index contributed by atoms with van der Waals surface area (Å²) in [5.41, 5.74) is 0.734. The fourth-order valence-corrected chi connectivity index (χ4v) is 12.1. The minimum Gasteiger partial charge on any atom is -0.481 e. The molecule has 10 atom stereocenters. The zero-order valence-corrected chi connectivity index (χ0v) is 25.7. The van der Waals surface area contributed by atoms with Gasteiger partial charge in [-0.05, 0) is 117 Å². The second-order valence-corrected chi connectivity index (χ2v) is 15.9. The molecule has 5 rings (SSSR count). The monoisotopic (exact) mass is 556 g/mol. The topological polar surface area (TPSA) is 101 Å². The molecule has 40 heavy (non-hydrogen) atoms. The second kappa shape index (κ2) is 9.59. The molecule has 6 nitrogen and oxygen atoms in total. The number of allylic oxidation sites excluding steroid dienone is 1. The first-order valence-electron chi connectivity index (χ1n) is 15.8. The van der Waals surface area contributed by atoms with Gasteiger partial charge < -0.3 is 14.9 Å². The van der Waals surface area contributed by atoms with Gasteiger partial charge in [0, 0.05) is 5.41 Å². The van der Waals surface area contributed by atoms with Gasteiger partial charge in [0.05, 0.1) is 18.3 Å². The van der Waals surface area contributed by atoms with Crippen LogP contribution in [-0.4, -0.2) is 34.2 Å². The zero-order chi connectivity index (χ0) is 29.5. The van der Waals surface area contributed by atoms with Crippen LogP contribution < -0.4 is 0 Å². The lowest BCUT2D eigenvalue weighted by molar-refractivity contribution is -0.250. The van der Waals surface area contributed by atoms with Crippen molar-refractivity contribution >= 4 is 17.9 Å². The van der Waals surface area contributed by atoms with Gasteiger partial charge in [-0.25, -0.2) is 0 Å². The number of hydrogen-bond donors (Lipinski definition) is 2. The normalized spacial score (nSPS) is 47.1. The Bertz CT molecular complexity index is 1090. The summed E-state index contributed by atoms with van der Waals surface area (Å²) in [6.07, 6.45) is 9.33. The van der Waals surface area contributed by atoms with E-state index in [9.17, 15) is 19.5 Å². The third kappa shape index (κ3) is 3.96. The van der Waals surface area contributed by atoms with Crippen LogP contribution in [-0.2, 0) is 19.1 Å². The first kappa shape index (κ1) is 29.6. The lowest BCUT2D eigenvalue weighted by Crippen LogP contribution is -2.67. The summed E-state index contributed by atoms with van der Waals surface area (Å²) >= 11 is 0. The molecule has 0 radical (unpaired) electrons. The maximum absolute atomic E-state index is 12.9. The van der Waals surface area contributed by atoms with Gasteiger partial charge in [0.2, 0.25) is 0 Å². The van der Waals surface area contributed by atoms with E-state index in [1.807, 2.05) is 0 Å². The van der Waals surface area contributed by atoms with Crippen LogP contribution in [0.2, 0.25) is 0 Å². The summed E-state index contributed by atoms with van der Waals surface area (Å²) in [7, 11) is 0. The molecule has 0 spiro atoms. The van der Waals surface area contributed by atoms with Crippen molar-refractivity contribution in [3.63, 3.8) is 0 Å². The number of hydrogen-bond acceptors (Lipinski definition) is 4. The second-order valence-electron chi connectivity index (χ2n) is 15.9. The van der Waals surface area contributed by atoms with Crippen LogP contribution >= 0.6 is 0 Å². The van der Waals surface area contributed by atoms with Crippen LogP contribution in [0.1, 0.15) is 119 Å². The number of ether oxygens (including phenoxy) is 1. The molecule has 0 aromatic heterocycles. The molecule has 5 aliphatic carbocycles. The number of fused-ring (bicyclic) bond motifs is 7. The molecule has 224 valence electrons. The number of carbonyl (C=O) groups is 3. The van der Waals surface area contributed by atoms with Crippen molar-refractivity contribution < 1.29 is 29.3 Å². The van der Waals surface area contributed by atoms with Crippen LogP contribution in [0.15, 0.2) is 12.2 Å². The van der Waals surface area contributed by atoms with E-state index in [-0.39, 0.29) is 46.5 Å². The summed E-state index contributed by atoms with van der Waals surface area (Å²) in [5.74, 6) is -0.0961. The highest BCUT2D eigenvalue weighted by Crippen LogP contribution is 2.77. The third-order valence-electron chi connectivity index (χ3n) is 14.2. The molecule has 6 heteroatoms. The third-order valence-corrected chi connectivity index (χ3v) is 14.2.